The van der Waals surface area contributed by atoms with Gasteiger partial charge in [-0.3, -0.25) is 4.79 Å². The molecule has 2 rings (SSSR count). The van der Waals surface area contributed by atoms with Gasteiger partial charge >= 0.3 is 0 Å². The molecule has 1 aromatic carbocycles. The van der Waals surface area contributed by atoms with E-state index in [1.807, 2.05) is 11.0 Å². The fraction of sp³-hybridized carbons (Fsp3) is 0.462. The summed E-state index contributed by atoms with van der Waals surface area (Å²) in [5, 5.41) is 0. The zero-order chi connectivity index (χ0) is 11.7. The van der Waals surface area contributed by atoms with E-state index in [4.69, 9.17) is 0 Å². The summed E-state index contributed by atoms with van der Waals surface area (Å²) in [7, 11) is 0. The van der Waals surface area contributed by atoms with E-state index in [-0.39, 0.29) is 11.9 Å². The van der Waals surface area contributed by atoms with Crippen molar-refractivity contribution in [3.8, 4) is 0 Å². The average molecular weight is 282 g/mol. The predicted molar refractivity (Wildman–Crippen MR) is 68.1 cm³/mol. The van der Waals surface area contributed by atoms with Crippen LogP contribution in [0.3, 0.4) is 0 Å². The van der Waals surface area contributed by atoms with Gasteiger partial charge in [0.05, 0.1) is 0 Å². The molecule has 16 heavy (non-hydrogen) atoms. The van der Waals surface area contributed by atoms with E-state index in [2.05, 4.69) is 41.9 Å². The van der Waals surface area contributed by atoms with Gasteiger partial charge in [-0.25, -0.2) is 0 Å². The van der Waals surface area contributed by atoms with Crippen molar-refractivity contribution in [1.82, 2.24) is 4.90 Å². The summed E-state index contributed by atoms with van der Waals surface area (Å²) in [6, 6.07) is 6.58. The van der Waals surface area contributed by atoms with Gasteiger partial charge in [-0.05, 0) is 43.5 Å². The summed E-state index contributed by atoms with van der Waals surface area (Å²) < 4.78 is 1.09. The van der Waals surface area contributed by atoms with Gasteiger partial charge < -0.3 is 4.90 Å². The lowest BCUT2D eigenvalue weighted by atomic mass is 10.0. The molecule has 86 valence electrons. The predicted octanol–water partition coefficient (Wildman–Crippen LogP) is 3.13. The maximum atomic E-state index is 11.9. The summed E-state index contributed by atoms with van der Waals surface area (Å²) >= 11 is 3.48. The number of carbonyl (C=O) groups is 1. The van der Waals surface area contributed by atoms with Gasteiger partial charge in [0.2, 0.25) is 5.91 Å². The number of amides is 1. The van der Waals surface area contributed by atoms with Crippen LogP contribution < -0.4 is 0 Å². The van der Waals surface area contributed by atoms with Crippen molar-refractivity contribution in [3.63, 3.8) is 0 Å². The zero-order valence-electron chi connectivity index (χ0n) is 9.66. The average Bonchev–Trinajstić information content (AvgIpc) is 2.38. The molecule has 0 saturated heterocycles. The van der Waals surface area contributed by atoms with Crippen LogP contribution in [0.15, 0.2) is 22.7 Å². The standard InChI is InChI=1S/C13H16BrNO/c1-9(2)15-8-11-7-12(14)5-3-10(11)4-6-13(15)16/h3,5,7,9H,4,6,8H2,1-2H3. The molecule has 2 nitrogen and oxygen atoms in total. The lowest BCUT2D eigenvalue weighted by molar-refractivity contribution is -0.133. The Hall–Kier alpha value is -0.830. The van der Waals surface area contributed by atoms with E-state index in [1.54, 1.807) is 0 Å². The van der Waals surface area contributed by atoms with E-state index in [0.717, 1.165) is 17.4 Å². The highest BCUT2D eigenvalue weighted by Crippen LogP contribution is 2.24. The normalized spacial score (nSPS) is 16.2. The molecule has 0 spiro atoms. The molecule has 0 radical (unpaired) electrons. The third kappa shape index (κ3) is 2.29. The molecule has 3 heteroatoms. The maximum absolute atomic E-state index is 11.9. The Labute approximate surface area is 105 Å². The van der Waals surface area contributed by atoms with E-state index in [0.29, 0.717) is 6.42 Å². The second kappa shape index (κ2) is 4.58. The Balaban J connectivity index is 2.35. The van der Waals surface area contributed by atoms with Crippen LogP contribution in [0.5, 0.6) is 0 Å². The summed E-state index contributed by atoms with van der Waals surface area (Å²) in [4.78, 5) is 13.9. The van der Waals surface area contributed by atoms with Crippen molar-refractivity contribution in [2.24, 2.45) is 0 Å². The van der Waals surface area contributed by atoms with Gasteiger partial charge in [-0.1, -0.05) is 22.0 Å². The molecule has 0 bridgehead atoms. The van der Waals surface area contributed by atoms with Gasteiger partial charge in [-0.15, -0.1) is 0 Å². The molecule has 1 aliphatic rings. The molecular formula is C13H16BrNO. The van der Waals surface area contributed by atoms with Crippen LogP contribution >= 0.6 is 15.9 Å². The fourth-order valence-electron chi connectivity index (χ4n) is 2.11. The zero-order valence-corrected chi connectivity index (χ0v) is 11.3. The van der Waals surface area contributed by atoms with E-state index in [9.17, 15) is 4.79 Å². The van der Waals surface area contributed by atoms with Crippen molar-refractivity contribution >= 4 is 21.8 Å². The number of benzene rings is 1. The topological polar surface area (TPSA) is 20.3 Å². The first-order chi connectivity index (χ1) is 7.58. The van der Waals surface area contributed by atoms with Crippen molar-refractivity contribution in [1.29, 1.82) is 0 Å². The van der Waals surface area contributed by atoms with Gasteiger partial charge in [-0.2, -0.15) is 0 Å². The Kier molecular flexibility index (Phi) is 3.33. The first-order valence-electron chi connectivity index (χ1n) is 5.64. The third-order valence-corrected chi connectivity index (χ3v) is 3.55. The number of hydrogen-bond donors (Lipinski definition) is 0. The first kappa shape index (κ1) is 11.6. The quantitative estimate of drug-likeness (QED) is 0.775. The second-order valence-electron chi connectivity index (χ2n) is 4.53. The molecule has 1 amide bonds. The minimum Gasteiger partial charge on any atom is -0.336 e. The van der Waals surface area contributed by atoms with E-state index in [1.165, 1.54) is 11.1 Å². The summed E-state index contributed by atoms with van der Waals surface area (Å²) in [5.74, 6) is 0.266. The van der Waals surface area contributed by atoms with Crippen LogP contribution in [0.25, 0.3) is 0 Å². The molecule has 0 atom stereocenters. The minimum atomic E-state index is 0.266. The van der Waals surface area contributed by atoms with Crippen molar-refractivity contribution in [3.05, 3.63) is 33.8 Å². The molecule has 1 aromatic rings. The molecule has 0 N–H and O–H groups in total. The second-order valence-corrected chi connectivity index (χ2v) is 5.44. The van der Waals surface area contributed by atoms with Crippen LogP contribution in [0.4, 0.5) is 0 Å². The molecule has 0 aliphatic carbocycles. The maximum Gasteiger partial charge on any atom is 0.223 e. The van der Waals surface area contributed by atoms with Crippen molar-refractivity contribution in [2.45, 2.75) is 39.3 Å². The van der Waals surface area contributed by atoms with Gasteiger partial charge in [0, 0.05) is 23.5 Å². The molecule has 0 fully saturated rings. The molecule has 1 heterocycles. The number of fused-ring (bicyclic) bond motifs is 1. The Morgan fingerprint density at radius 3 is 2.69 bits per heavy atom. The first-order valence-corrected chi connectivity index (χ1v) is 6.44. The van der Waals surface area contributed by atoms with Crippen LogP contribution in [-0.4, -0.2) is 16.8 Å². The number of carbonyl (C=O) groups excluding carboxylic acids is 1. The van der Waals surface area contributed by atoms with Crippen molar-refractivity contribution < 1.29 is 4.79 Å². The third-order valence-electron chi connectivity index (χ3n) is 3.06. The highest BCUT2D eigenvalue weighted by atomic mass is 79.9. The van der Waals surface area contributed by atoms with E-state index < -0.39 is 0 Å². The van der Waals surface area contributed by atoms with Crippen LogP contribution in [0.2, 0.25) is 0 Å². The highest BCUT2D eigenvalue weighted by molar-refractivity contribution is 9.10. The van der Waals surface area contributed by atoms with Crippen molar-refractivity contribution in [2.75, 3.05) is 0 Å². The minimum absolute atomic E-state index is 0.266. The van der Waals surface area contributed by atoms with E-state index >= 15 is 0 Å². The number of halogens is 1. The summed E-state index contributed by atoms with van der Waals surface area (Å²) in [5.41, 5.74) is 2.58. The summed E-state index contributed by atoms with van der Waals surface area (Å²) in [6.45, 7) is 4.88. The van der Waals surface area contributed by atoms with Gasteiger partial charge in [0.15, 0.2) is 0 Å². The monoisotopic (exact) mass is 281 g/mol. The van der Waals surface area contributed by atoms with Gasteiger partial charge in [0.1, 0.15) is 0 Å². The lowest BCUT2D eigenvalue weighted by Crippen LogP contribution is -2.35. The molecular weight excluding hydrogens is 266 g/mol. The SMILES string of the molecule is CC(C)N1Cc2cc(Br)ccc2CCC1=O. The van der Waals surface area contributed by atoms with Crippen LogP contribution in [0, 0.1) is 0 Å². The molecule has 0 saturated carbocycles. The Morgan fingerprint density at radius 2 is 2.00 bits per heavy atom. The number of aryl methyl sites for hydroxylation is 1. The van der Waals surface area contributed by atoms with Crippen LogP contribution in [-0.2, 0) is 17.8 Å². The number of hydrogen-bond acceptors (Lipinski definition) is 1. The Bertz CT molecular complexity index is 414. The Morgan fingerprint density at radius 1 is 1.25 bits per heavy atom. The molecule has 0 aromatic heterocycles. The molecule has 0 unspecified atom stereocenters. The number of rotatable bonds is 1. The highest BCUT2D eigenvalue weighted by Gasteiger charge is 2.22. The van der Waals surface area contributed by atoms with Gasteiger partial charge in [0.25, 0.3) is 0 Å². The summed E-state index contributed by atoms with van der Waals surface area (Å²) in [6.07, 6.45) is 1.50. The van der Waals surface area contributed by atoms with Crippen LogP contribution in [0.1, 0.15) is 31.4 Å². The smallest absolute Gasteiger partial charge is 0.223 e. The fourth-order valence-corrected chi connectivity index (χ4v) is 2.52. The number of nitrogens with zero attached hydrogens (tertiary/aromatic N) is 1. The largest absolute Gasteiger partial charge is 0.336 e. The lowest BCUT2D eigenvalue weighted by Gasteiger charge is -2.25. The molecule has 1 aliphatic heterocycles.